The summed E-state index contributed by atoms with van der Waals surface area (Å²) in [6.45, 7) is 10.7. The Morgan fingerprint density at radius 2 is 2.04 bits per heavy atom. The fourth-order valence-corrected chi connectivity index (χ4v) is 3.09. The monoisotopic (exact) mass is 463 g/mol. The van der Waals surface area contributed by atoms with Crippen LogP contribution >= 0.6 is 24.0 Å². The van der Waals surface area contributed by atoms with E-state index < -0.39 is 0 Å². The zero-order valence-electron chi connectivity index (χ0n) is 15.7. The molecule has 0 spiro atoms. The predicted octanol–water partition coefficient (Wildman–Crippen LogP) is 3.66. The lowest BCUT2D eigenvalue weighted by atomic mass is 9.85. The van der Waals surface area contributed by atoms with Crippen LogP contribution in [0.15, 0.2) is 29.3 Å². The van der Waals surface area contributed by atoms with Crippen LogP contribution in [0.2, 0.25) is 0 Å². The molecule has 1 aliphatic rings. The van der Waals surface area contributed by atoms with Gasteiger partial charge in [0, 0.05) is 38.1 Å². The molecule has 1 saturated heterocycles. The number of methoxy groups -OCH3 is 1. The van der Waals surface area contributed by atoms with Crippen LogP contribution in [0.4, 0.5) is 4.39 Å². The molecule has 0 radical (unpaired) electrons. The van der Waals surface area contributed by atoms with Crippen LogP contribution in [0.25, 0.3) is 0 Å². The first-order chi connectivity index (χ1) is 11.5. The molecule has 1 heterocycles. The Morgan fingerprint density at radius 3 is 2.64 bits per heavy atom. The SMILES string of the molecule is CCNC(=NCC(C)(C)c1ccc(F)cc1)N1CCC(COC)C1.I. The smallest absolute Gasteiger partial charge is 0.193 e. The van der Waals surface area contributed by atoms with E-state index in [1.807, 2.05) is 12.1 Å². The second-order valence-electron chi connectivity index (χ2n) is 7.12. The number of nitrogens with zero attached hydrogens (tertiary/aromatic N) is 2. The molecule has 6 heteroatoms. The summed E-state index contributed by atoms with van der Waals surface area (Å²) in [6.07, 6.45) is 1.14. The third-order valence-corrected chi connectivity index (χ3v) is 4.57. The van der Waals surface area contributed by atoms with Crippen molar-refractivity contribution in [1.82, 2.24) is 10.2 Å². The minimum Gasteiger partial charge on any atom is -0.384 e. The first kappa shape index (κ1) is 22.2. The first-order valence-electron chi connectivity index (χ1n) is 8.74. The number of nitrogens with one attached hydrogen (secondary N) is 1. The summed E-state index contributed by atoms with van der Waals surface area (Å²) < 4.78 is 18.4. The minimum absolute atomic E-state index is 0. The number of aliphatic imine (C=N–C) groups is 1. The van der Waals surface area contributed by atoms with Crippen LogP contribution in [-0.4, -0.2) is 50.8 Å². The Balaban J connectivity index is 0.00000312. The molecule has 2 rings (SSSR count). The number of benzene rings is 1. The molecule has 0 aliphatic carbocycles. The van der Waals surface area contributed by atoms with Crippen molar-refractivity contribution >= 4 is 29.9 Å². The molecule has 1 aliphatic heterocycles. The second-order valence-corrected chi connectivity index (χ2v) is 7.12. The van der Waals surface area contributed by atoms with Gasteiger partial charge < -0.3 is 15.0 Å². The van der Waals surface area contributed by atoms with Gasteiger partial charge in [0.15, 0.2) is 5.96 Å². The summed E-state index contributed by atoms with van der Waals surface area (Å²) in [5, 5.41) is 3.40. The van der Waals surface area contributed by atoms with Gasteiger partial charge in [0.1, 0.15) is 5.82 Å². The average Bonchev–Trinajstić information content (AvgIpc) is 3.01. The lowest BCUT2D eigenvalue weighted by Gasteiger charge is -2.26. The third kappa shape index (κ3) is 6.40. The minimum atomic E-state index is -0.201. The number of rotatable bonds is 6. The molecule has 1 unspecified atom stereocenters. The van der Waals surface area contributed by atoms with Crippen LogP contribution in [0.5, 0.6) is 0 Å². The normalized spacial score (nSPS) is 18.2. The third-order valence-electron chi connectivity index (χ3n) is 4.57. The molecule has 1 N–H and O–H groups in total. The Bertz CT molecular complexity index is 548. The highest BCUT2D eigenvalue weighted by Gasteiger charge is 2.26. The second kappa shape index (κ2) is 10.3. The molecule has 0 aromatic heterocycles. The fraction of sp³-hybridized carbons (Fsp3) is 0.632. The van der Waals surface area contributed by atoms with Crippen molar-refractivity contribution < 1.29 is 9.13 Å². The highest BCUT2D eigenvalue weighted by Crippen LogP contribution is 2.24. The fourth-order valence-electron chi connectivity index (χ4n) is 3.09. The van der Waals surface area contributed by atoms with Crippen molar-refractivity contribution in [3.05, 3.63) is 35.6 Å². The van der Waals surface area contributed by atoms with Gasteiger partial charge in [0.05, 0.1) is 13.2 Å². The molecular weight excluding hydrogens is 432 g/mol. The van der Waals surface area contributed by atoms with Gasteiger partial charge in [-0.25, -0.2) is 4.39 Å². The molecule has 4 nitrogen and oxygen atoms in total. The van der Waals surface area contributed by atoms with E-state index >= 15 is 0 Å². The van der Waals surface area contributed by atoms with Gasteiger partial charge in [-0.05, 0) is 31.0 Å². The lowest BCUT2D eigenvalue weighted by molar-refractivity contribution is 0.157. The molecule has 1 fully saturated rings. The highest BCUT2D eigenvalue weighted by molar-refractivity contribution is 14.0. The summed E-state index contributed by atoms with van der Waals surface area (Å²) in [5.74, 6) is 1.34. The zero-order chi connectivity index (χ0) is 17.6. The van der Waals surface area contributed by atoms with E-state index in [0.717, 1.165) is 44.2 Å². The molecule has 1 atom stereocenters. The van der Waals surface area contributed by atoms with Gasteiger partial charge in [-0.1, -0.05) is 26.0 Å². The quantitative estimate of drug-likeness (QED) is 0.398. The van der Waals surface area contributed by atoms with Gasteiger partial charge in [0.2, 0.25) is 0 Å². The largest absolute Gasteiger partial charge is 0.384 e. The maximum absolute atomic E-state index is 13.1. The number of ether oxygens (including phenoxy) is 1. The number of hydrogen-bond donors (Lipinski definition) is 1. The Labute approximate surface area is 168 Å². The van der Waals surface area contributed by atoms with E-state index in [4.69, 9.17) is 9.73 Å². The van der Waals surface area contributed by atoms with Crippen LogP contribution in [0, 0.1) is 11.7 Å². The van der Waals surface area contributed by atoms with Crippen LogP contribution in [-0.2, 0) is 10.2 Å². The standard InChI is InChI=1S/C19H30FN3O.HI/c1-5-21-18(23-11-10-15(12-23)13-24-4)22-14-19(2,3)16-6-8-17(20)9-7-16;/h6-9,15H,5,10-14H2,1-4H3,(H,21,22);1H. The van der Waals surface area contributed by atoms with Crippen LogP contribution in [0.1, 0.15) is 32.8 Å². The number of guanidine groups is 1. The summed E-state index contributed by atoms with van der Waals surface area (Å²) in [5.41, 5.74) is 0.960. The molecular formula is C19H31FIN3O. The van der Waals surface area contributed by atoms with Gasteiger partial charge in [0.25, 0.3) is 0 Å². The molecule has 1 aromatic rings. The predicted molar refractivity (Wildman–Crippen MR) is 112 cm³/mol. The highest BCUT2D eigenvalue weighted by atomic mass is 127. The first-order valence-corrected chi connectivity index (χ1v) is 8.74. The number of hydrogen-bond acceptors (Lipinski definition) is 2. The Morgan fingerprint density at radius 1 is 1.36 bits per heavy atom. The van der Waals surface area contributed by atoms with Gasteiger partial charge in [-0.2, -0.15) is 0 Å². The van der Waals surface area contributed by atoms with Crippen molar-refractivity contribution in [2.24, 2.45) is 10.9 Å². The maximum Gasteiger partial charge on any atom is 0.193 e. The van der Waals surface area contributed by atoms with Gasteiger partial charge in [-0.3, -0.25) is 4.99 Å². The Kier molecular flexibility index (Phi) is 9.13. The van der Waals surface area contributed by atoms with Crippen molar-refractivity contribution in [2.75, 3.05) is 39.9 Å². The van der Waals surface area contributed by atoms with E-state index in [9.17, 15) is 4.39 Å². The van der Waals surface area contributed by atoms with Crippen LogP contribution in [0.3, 0.4) is 0 Å². The summed E-state index contributed by atoms with van der Waals surface area (Å²) in [6, 6.07) is 6.73. The zero-order valence-corrected chi connectivity index (χ0v) is 18.0. The number of halogens is 2. The van der Waals surface area contributed by atoms with Crippen molar-refractivity contribution in [1.29, 1.82) is 0 Å². The molecule has 1 aromatic carbocycles. The van der Waals surface area contributed by atoms with Crippen molar-refractivity contribution in [3.63, 3.8) is 0 Å². The molecule has 142 valence electrons. The van der Waals surface area contributed by atoms with E-state index in [1.54, 1.807) is 7.11 Å². The summed E-state index contributed by atoms with van der Waals surface area (Å²) >= 11 is 0. The van der Waals surface area contributed by atoms with Crippen molar-refractivity contribution in [2.45, 2.75) is 32.6 Å². The summed E-state index contributed by atoms with van der Waals surface area (Å²) in [7, 11) is 1.76. The molecule has 25 heavy (non-hydrogen) atoms. The van der Waals surface area contributed by atoms with Crippen molar-refractivity contribution in [3.8, 4) is 0 Å². The van der Waals surface area contributed by atoms with Crippen LogP contribution < -0.4 is 5.32 Å². The summed E-state index contributed by atoms with van der Waals surface area (Å²) in [4.78, 5) is 7.17. The topological polar surface area (TPSA) is 36.9 Å². The maximum atomic E-state index is 13.1. The van der Waals surface area contributed by atoms with Gasteiger partial charge in [-0.15, -0.1) is 24.0 Å². The number of likely N-dealkylation sites (tertiary alicyclic amines) is 1. The van der Waals surface area contributed by atoms with E-state index in [2.05, 4.69) is 31.0 Å². The van der Waals surface area contributed by atoms with E-state index in [-0.39, 0.29) is 35.2 Å². The average molecular weight is 463 g/mol. The van der Waals surface area contributed by atoms with E-state index in [0.29, 0.717) is 12.5 Å². The molecule has 0 bridgehead atoms. The lowest BCUT2D eigenvalue weighted by Crippen LogP contribution is -2.41. The Hall–Kier alpha value is -0.890. The molecule has 0 amide bonds. The van der Waals surface area contributed by atoms with E-state index in [1.165, 1.54) is 12.1 Å². The molecule has 0 saturated carbocycles. The van der Waals surface area contributed by atoms with Gasteiger partial charge >= 0.3 is 0 Å².